The number of aromatic carboxylic acids is 1. The number of hydrogen-bond donors (Lipinski definition) is 1. The van der Waals surface area contributed by atoms with Gasteiger partial charge in [-0.05, 0) is 24.4 Å². The number of carboxylic acid groups (broad SMARTS) is 1. The van der Waals surface area contributed by atoms with Crippen LogP contribution in [0.2, 0.25) is 0 Å². The van der Waals surface area contributed by atoms with Crippen molar-refractivity contribution >= 4 is 16.7 Å². The zero-order valence-electron chi connectivity index (χ0n) is 10.7. The van der Waals surface area contributed by atoms with Crippen LogP contribution in [0.3, 0.4) is 0 Å². The van der Waals surface area contributed by atoms with Crippen LogP contribution in [0.25, 0.3) is 10.8 Å². The second kappa shape index (κ2) is 5.52. The molecule has 1 aromatic carbocycles. The van der Waals surface area contributed by atoms with Gasteiger partial charge in [-0.15, -0.1) is 6.58 Å². The van der Waals surface area contributed by atoms with Crippen LogP contribution in [0.1, 0.15) is 23.8 Å². The topological polar surface area (TPSA) is 59.4 Å². The summed E-state index contributed by atoms with van der Waals surface area (Å²) in [5, 5.41) is 10.7. The minimum Gasteiger partial charge on any atom is -0.477 e. The molecule has 1 aromatic heterocycles. The second-order valence-electron chi connectivity index (χ2n) is 4.39. The molecule has 1 N–H and O–H groups in total. The minimum atomic E-state index is -1.06. The van der Waals surface area contributed by atoms with E-state index in [0.717, 1.165) is 16.3 Å². The molecule has 0 aliphatic carbocycles. The second-order valence-corrected chi connectivity index (χ2v) is 4.39. The lowest BCUT2D eigenvalue weighted by Gasteiger charge is -2.09. The first-order chi connectivity index (χ1) is 9.08. The van der Waals surface area contributed by atoms with Crippen LogP contribution in [0.4, 0.5) is 0 Å². The SMILES string of the molecule is C=C(C)CCOc1nc(C(=O)O)cc2ccccc12. The third kappa shape index (κ3) is 3.10. The number of aromatic nitrogens is 1. The van der Waals surface area contributed by atoms with Gasteiger partial charge in [-0.1, -0.05) is 23.8 Å². The molecule has 4 nitrogen and oxygen atoms in total. The number of fused-ring (bicyclic) bond motifs is 1. The standard InChI is InChI=1S/C15H15NO3/c1-10(2)7-8-19-14-12-6-4-3-5-11(12)9-13(16-14)15(17)18/h3-6,9H,1,7-8H2,2H3,(H,17,18). The smallest absolute Gasteiger partial charge is 0.354 e. The molecule has 0 bridgehead atoms. The molecule has 0 amide bonds. The van der Waals surface area contributed by atoms with Crippen LogP contribution in [0.5, 0.6) is 5.88 Å². The molecule has 0 fully saturated rings. The van der Waals surface area contributed by atoms with E-state index < -0.39 is 5.97 Å². The number of nitrogens with zero attached hydrogens (tertiary/aromatic N) is 1. The van der Waals surface area contributed by atoms with Crippen molar-refractivity contribution in [1.29, 1.82) is 0 Å². The Balaban J connectivity index is 2.38. The summed E-state index contributed by atoms with van der Waals surface area (Å²) in [6, 6.07) is 8.98. The Morgan fingerprint density at radius 1 is 1.42 bits per heavy atom. The van der Waals surface area contributed by atoms with Gasteiger partial charge in [0.1, 0.15) is 0 Å². The third-order valence-electron chi connectivity index (χ3n) is 2.69. The van der Waals surface area contributed by atoms with E-state index in [4.69, 9.17) is 9.84 Å². The fraction of sp³-hybridized carbons (Fsp3) is 0.200. The Labute approximate surface area is 111 Å². The Hall–Kier alpha value is -2.36. The molecule has 1 heterocycles. The first-order valence-corrected chi connectivity index (χ1v) is 5.98. The minimum absolute atomic E-state index is 0.0102. The van der Waals surface area contributed by atoms with Crippen molar-refractivity contribution in [2.75, 3.05) is 6.61 Å². The average Bonchev–Trinajstić information content (AvgIpc) is 2.38. The van der Waals surface area contributed by atoms with Gasteiger partial charge in [0.2, 0.25) is 5.88 Å². The molecule has 98 valence electrons. The summed E-state index contributed by atoms with van der Waals surface area (Å²) in [7, 11) is 0. The molecule has 19 heavy (non-hydrogen) atoms. The van der Waals surface area contributed by atoms with E-state index in [1.54, 1.807) is 6.07 Å². The quantitative estimate of drug-likeness (QED) is 0.835. The summed E-state index contributed by atoms with van der Waals surface area (Å²) in [4.78, 5) is 15.1. The third-order valence-corrected chi connectivity index (χ3v) is 2.69. The van der Waals surface area contributed by atoms with E-state index in [1.807, 2.05) is 31.2 Å². The molecule has 0 aliphatic rings. The highest BCUT2D eigenvalue weighted by atomic mass is 16.5. The number of hydrogen-bond acceptors (Lipinski definition) is 3. The van der Waals surface area contributed by atoms with Crippen LogP contribution in [-0.4, -0.2) is 22.7 Å². The Morgan fingerprint density at radius 2 is 2.16 bits per heavy atom. The zero-order chi connectivity index (χ0) is 13.8. The molecule has 0 saturated heterocycles. The summed E-state index contributed by atoms with van der Waals surface area (Å²) in [5.41, 5.74) is 1.00. The van der Waals surface area contributed by atoms with E-state index in [0.29, 0.717) is 18.9 Å². The highest BCUT2D eigenvalue weighted by molar-refractivity contribution is 5.94. The highest BCUT2D eigenvalue weighted by Gasteiger charge is 2.11. The summed E-state index contributed by atoms with van der Waals surface area (Å²) < 4.78 is 5.59. The van der Waals surface area contributed by atoms with Crippen molar-refractivity contribution in [1.82, 2.24) is 4.98 Å². The van der Waals surface area contributed by atoms with Gasteiger partial charge in [0.25, 0.3) is 0 Å². The Kier molecular flexibility index (Phi) is 3.80. The summed E-state index contributed by atoms with van der Waals surface area (Å²) in [6.07, 6.45) is 0.716. The van der Waals surface area contributed by atoms with E-state index >= 15 is 0 Å². The number of ether oxygens (including phenoxy) is 1. The molecule has 0 unspecified atom stereocenters. The maximum Gasteiger partial charge on any atom is 0.354 e. The monoisotopic (exact) mass is 257 g/mol. The lowest BCUT2D eigenvalue weighted by molar-refractivity contribution is 0.0689. The molecule has 0 spiro atoms. The van der Waals surface area contributed by atoms with Gasteiger partial charge in [0, 0.05) is 11.8 Å². The fourth-order valence-corrected chi connectivity index (χ4v) is 1.71. The largest absolute Gasteiger partial charge is 0.477 e. The lowest BCUT2D eigenvalue weighted by Crippen LogP contribution is -2.05. The maximum absolute atomic E-state index is 11.0. The summed E-state index contributed by atoms with van der Waals surface area (Å²) in [6.45, 7) is 6.16. The number of carbonyl (C=O) groups is 1. The van der Waals surface area contributed by atoms with Crippen LogP contribution < -0.4 is 4.74 Å². The van der Waals surface area contributed by atoms with Gasteiger partial charge in [-0.2, -0.15) is 0 Å². The van der Waals surface area contributed by atoms with Crippen molar-refractivity contribution in [3.63, 3.8) is 0 Å². The van der Waals surface area contributed by atoms with E-state index in [-0.39, 0.29) is 5.69 Å². The van der Waals surface area contributed by atoms with E-state index in [9.17, 15) is 4.79 Å². The molecule has 0 radical (unpaired) electrons. The predicted octanol–water partition coefficient (Wildman–Crippen LogP) is 3.28. The lowest BCUT2D eigenvalue weighted by atomic mass is 10.1. The molecule has 0 saturated carbocycles. The molecular formula is C15H15NO3. The number of benzene rings is 1. The van der Waals surface area contributed by atoms with Crippen molar-refractivity contribution in [2.45, 2.75) is 13.3 Å². The van der Waals surface area contributed by atoms with Gasteiger partial charge in [0.05, 0.1) is 6.61 Å². The molecular weight excluding hydrogens is 242 g/mol. The van der Waals surface area contributed by atoms with Gasteiger partial charge >= 0.3 is 5.97 Å². The highest BCUT2D eigenvalue weighted by Crippen LogP contribution is 2.24. The summed E-state index contributed by atoms with van der Waals surface area (Å²) >= 11 is 0. The molecule has 0 aliphatic heterocycles. The number of pyridine rings is 1. The van der Waals surface area contributed by atoms with Gasteiger partial charge in [-0.3, -0.25) is 0 Å². The molecule has 2 aromatic rings. The Bertz CT molecular complexity index is 634. The van der Waals surface area contributed by atoms with Crippen LogP contribution >= 0.6 is 0 Å². The van der Waals surface area contributed by atoms with Crippen LogP contribution in [-0.2, 0) is 0 Å². The maximum atomic E-state index is 11.0. The normalized spacial score (nSPS) is 10.4. The van der Waals surface area contributed by atoms with E-state index in [1.165, 1.54) is 0 Å². The first kappa shape index (κ1) is 13.1. The molecule has 4 heteroatoms. The first-order valence-electron chi connectivity index (χ1n) is 5.98. The van der Waals surface area contributed by atoms with Crippen LogP contribution in [0.15, 0.2) is 42.5 Å². The number of carboxylic acids is 1. The Morgan fingerprint density at radius 3 is 2.84 bits per heavy atom. The average molecular weight is 257 g/mol. The van der Waals surface area contributed by atoms with Gasteiger partial charge < -0.3 is 9.84 Å². The van der Waals surface area contributed by atoms with Crippen molar-refractivity contribution in [2.24, 2.45) is 0 Å². The van der Waals surface area contributed by atoms with Gasteiger partial charge in [0.15, 0.2) is 5.69 Å². The van der Waals surface area contributed by atoms with Crippen LogP contribution in [0, 0.1) is 0 Å². The predicted molar refractivity (Wildman–Crippen MR) is 73.6 cm³/mol. The van der Waals surface area contributed by atoms with Crippen molar-refractivity contribution in [3.05, 3.63) is 48.2 Å². The fourth-order valence-electron chi connectivity index (χ4n) is 1.71. The molecule has 2 rings (SSSR count). The van der Waals surface area contributed by atoms with Crippen molar-refractivity contribution in [3.8, 4) is 5.88 Å². The molecule has 0 atom stereocenters. The van der Waals surface area contributed by atoms with E-state index in [2.05, 4.69) is 11.6 Å². The number of rotatable bonds is 5. The summed E-state index contributed by atoms with van der Waals surface area (Å²) in [5.74, 6) is -0.702. The van der Waals surface area contributed by atoms with Crippen molar-refractivity contribution < 1.29 is 14.6 Å². The van der Waals surface area contributed by atoms with Gasteiger partial charge in [-0.25, -0.2) is 9.78 Å². The zero-order valence-corrected chi connectivity index (χ0v) is 10.7.